The number of nitrogens with zero attached hydrogens (tertiary/aromatic N) is 1. The molecule has 1 amide bonds. The third-order valence-corrected chi connectivity index (χ3v) is 2.32. The number of hydrogen-bond acceptors (Lipinski definition) is 3. The van der Waals surface area contributed by atoms with E-state index in [1.807, 2.05) is 0 Å². The van der Waals surface area contributed by atoms with Crippen molar-refractivity contribution >= 4 is 23.6 Å². The van der Waals surface area contributed by atoms with E-state index in [4.69, 9.17) is 5.11 Å². The van der Waals surface area contributed by atoms with E-state index >= 15 is 0 Å². The summed E-state index contributed by atoms with van der Waals surface area (Å²) in [6.45, 7) is 0. The molecule has 2 aromatic rings. The zero-order valence-electron chi connectivity index (χ0n) is 9.83. The Kier molecular flexibility index (Phi) is 3.72. The van der Waals surface area contributed by atoms with Gasteiger partial charge in [-0.2, -0.15) is 5.10 Å². The normalized spacial score (nSPS) is 10.5. The maximum atomic E-state index is 11.8. The van der Waals surface area contributed by atoms with Crippen molar-refractivity contribution in [2.45, 2.75) is 0 Å². The van der Waals surface area contributed by atoms with Crippen LogP contribution in [-0.2, 0) is 4.79 Å². The summed E-state index contributed by atoms with van der Waals surface area (Å²) in [4.78, 5) is 22.2. The summed E-state index contributed by atoms with van der Waals surface area (Å²) in [7, 11) is 0. The van der Waals surface area contributed by atoms with Crippen LogP contribution in [0, 0.1) is 0 Å². The molecule has 0 atom stereocenters. The number of carboxylic acids is 1. The average molecular weight is 257 g/mol. The summed E-state index contributed by atoms with van der Waals surface area (Å²) in [5.41, 5.74) is 1.69. The van der Waals surface area contributed by atoms with Crippen molar-refractivity contribution in [3.63, 3.8) is 0 Å². The molecule has 0 radical (unpaired) electrons. The van der Waals surface area contributed by atoms with E-state index in [0.717, 1.165) is 6.08 Å². The van der Waals surface area contributed by atoms with Crippen molar-refractivity contribution in [2.75, 3.05) is 5.32 Å². The van der Waals surface area contributed by atoms with Crippen molar-refractivity contribution in [3.05, 3.63) is 53.9 Å². The molecule has 0 spiro atoms. The Morgan fingerprint density at radius 2 is 2.21 bits per heavy atom. The van der Waals surface area contributed by atoms with Crippen LogP contribution in [0.5, 0.6) is 0 Å². The van der Waals surface area contributed by atoms with Gasteiger partial charge in [-0.05, 0) is 23.8 Å². The van der Waals surface area contributed by atoms with Gasteiger partial charge in [-0.25, -0.2) is 4.79 Å². The molecule has 3 N–H and O–H groups in total. The van der Waals surface area contributed by atoms with Crippen LogP contribution in [0.3, 0.4) is 0 Å². The van der Waals surface area contributed by atoms with Gasteiger partial charge in [0.1, 0.15) is 0 Å². The molecule has 0 bridgehead atoms. The standard InChI is InChI=1S/C13H11N3O3/c17-12(18)5-4-9-2-1-3-11(6-9)16-13(19)10-7-14-15-8-10/h1-8H,(H,14,15)(H,16,19)(H,17,18). The van der Waals surface area contributed by atoms with Gasteiger partial charge in [-0.15, -0.1) is 0 Å². The fourth-order valence-corrected chi connectivity index (χ4v) is 1.47. The van der Waals surface area contributed by atoms with E-state index in [0.29, 0.717) is 16.8 Å². The highest BCUT2D eigenvalue weighted by molar-refractivity contribution is 6.04. The number of aromatic amines is 1. The van der Waals surface area contributed by atoms with E-state index in [1.165, 1.54) is 18.5 Å². The molecule has 96 valence electrons. The Morgan fingerprint density at radius 3 is 2.89 bits per heavy atom. The number of carboxylic acid groups (broad SMARTS) is 1. The summed E-state index contributed by atoms with van der Waals surface area (Å²) >= 11 is 0. The lowest BCUT2D eigenvalue weighted by molar-refractivity contribution is -0.131. The molecule has 0 aliphatic carbocycles. The van der Waals surface area contributed by atoms with E-state index < -0.39 is 5.97 Å². The van der Waals surface area contributed by atoms with Crippen molar-refractivity contribution in [1.29, 1.82) is 0 Å². The molecule has 0 saturated heterocycles. The minimum Gasteiger partial charge on any atom is -0.478 e. The number of aromatic nitrogens is 2. The largest absolute Gasteiger partial charge is 0.478 e. The van der Waals surface area contributed by atoms with Crippen LogP contribution >= 0.6 is 0 Å². The molecule has 0 saturated carbocycles. The summed E-state index contributed by atoms with van der Waals surface area (Å²) in [6.07, 6.45) is 5.40. The summed E-state index contributed by atoms with van der Waals surface area (Å²) in [5.74, 6) is -1.30. The van der Waals surface area contributed by atoms with Crippen molar-refractivity contribution in [2.24, 2.45) is 0 Å². The molecule has 0 aliphatic rings. The van der Waals surface area contributed by atoms with Crippen LogP contribution in [-0.4, -0.2) is 27.2 Å². The third kappa shape index (κ3) is 3.53. The van der Waals surface area contributed by atoms with Gasteiger partial charge in [0.25, 0.3) is 5.91 Å². The van der Waals surface area contributed by atoms with Gasteiger partial charge in [-0.3, -0.25) is 9.89 Å². The molecule has 6 nitrogen and oxygen atoms in total. The van der Waals surface area contributed by atoms with Crippen LogP contribution in [0.1, 0.15) is 15.9 Å². The van der Waals surface area contributed by atoms with Gasteiger partial charge in [0, 0.05) is 18.0 Å². The molecule has 1 aromatic heterocycles. The van der Waals surface area contributed by atoms with Gasteiger partial charge in [0.2, 0.25) is 0 Å². The Labute approximate surface area is 108 Å². The zero-order valence-corrected chi connectivity index (χ0v) is 9.83. The van der Waals surface area contributed by atoms with E-state index in [9.17, 15) is 9.59 Å². The van der Waals surface area contributed by atoms with Gasteiger partial charge < -0.3 is 10.4 Å². The lowest BCUT2D eigenvalue weighted by atomic mass is 10.2. The molecular formula is C13H11N3O3. The number of rotatable bonds is 4. The topological polar surface area (TPSA) is 95.1 Å². The zero-order chi connectivity index (χ0) is 13.7. The Hall–Kier alpha value is -2.89. The third-order valence-electron chi connectivity index (χ3n) is 2.32. The van der Waals surface area contributed by atoms with Gasteiger partial charge in [-0.1, -0.05) is 12.1 Å². The minimum absolute atomic E-state index is 0.284. The summed E-state index contributed by atoms with van der Waals surface area (Å²) in [6, 6.07) is 6.87. The number of carbonyl (C=O) groups excluding carboxylic acids is 1. The highest BCUT2D eigenvalue weighted by atomic mass is 16.4. The van der Waals surface area contributed by atoms with Crippen LogP contribution in [0.25, 0.3) is 6.08 Å². The molecule has 6 heteroatoms. The minimum atomic E-state index is -1.02. The number of benzene rings is 1. The molecule has 1 aromatic carbocycles. The SMILES string of the molecule is O=C(O)C=Cc1cccc(NC(=O)c2cn[nH]c2)c1. The molecular weight excluding hydrogens is 246 g/mol. The maximum absolute atomic E-state index is 11.8. The predicted octanol–water partition coefficient (Wildman–Crippen LogP) is 1.76. The quantitative estimate of drug-likeness (QED) is 0.727. The number of nitrogens with one attached hydrogen (secondary N) is 2. The molecule has 19 heavy (non-hydrogen) atoms. The van der Waals surface area contributed by atoms with Crippen LogP contribution in [0.2, 0.25) is 0 Å². The Bertz CT molecular complexity index is 618. The first kappa shape index (κ1) is 12.6. The maximum Gasteiger partial charge on any atom is 0.328 e. The first-order valence-electron chi connectivity index (χ1n) is 5.46. The molecule has 2 rings (SSSR count). The fourth-order valence-electron chi connectivity index (χ4n) is 1.47. The Morgan fingerprint density at radius 1 is 1.37 bits per heavy atom. The van der Waals surface area contributed by atoms with Crippen molar-refractivity contribution in [3.8, 4) is 0 Å². The number of amides is 1. The van der Waals surface area contributed by atoms with E-state index in [-0.39, 0.29) is 5.91 Å². The second-order valence-corrected chi connectivity index (χ2v) is 3.74. The van der Waals surface area contributed by atoms with Gasteiger partial charge in [0.05, 0.1) is 11.8 Å². The second-order valence-electron chi connectivity index (χ2n) is 3.74. The van der Waals surface area contributed by atoms with E-state index in [2.05, 4.69) is 15.5 Å². The lowest BCUT2D eigenvalue weighted by Crippen LogP contribution is -2.10. The average Bonchev–Trinajstić information content (AvgIpc) is 2.91. The Balaban J connectivity index is 2.11. The monoisotopic (exact) mass is 257 g/mol. The highest BCUT2D eigenvalue weighted by Gasteiger charge is 2.06. The summed E-state index contributed by atoms with van der Waals surface area (Å²) < 4.78 is 0. The second kappa shape index (κ2) is 5.63. The van der Waals surface area contributed by atoms with Crippen molar-refractivity contribution in [1.82, 2.24) is 10.2 Å². The predicted molar refractivity (Wildman–Crippen MR) is 69.7 cm³/mol. The fraction of sp³-hybridized carbons (Fsp3) is 0. The smallest absolute Gasteiger partial charge is 0.328 e. The molecule has 1 heterocycles. The first-order chi connectivity index (χ1) is 9.15. The number of carbonyl (C=O) groups is 2. The van der Waals surface area contributed by atoms with Crippen molar-refractivity contribution < 1.29 is 14.7 Å². The van der Waals surface area contributed by atoms with Gasteiger partial charge >= 0.3 is 5.97 Å². The van der Waals surface area contributed by atoms with Crippen LogP contribution in [0.4, 0.5) is 5.69 Å². The van der Waals surface area contributed by atoms with E-state index in [1.54, 1.807) is 24.3 Å². The van der Waals surface area contributed by atoms with Crippen LogP contribution < -0.4 is 5.32 Å². The molecule has 0 aliphatic heterocycles. The first-order valence-corrected chi connectivity index (χ1v) is 5.46. The summed E-state index contributed by atoms with van der Waals surface area (Å²) in [5, 5.41) is 17.5. The van der Waals surface area contributed by atoms with Gasteiger partial charge in [0.15, 0.2) is 0 Å². The number of aliphatic carboxylic acids is 1. The number of hydrogen-bond donors (Lipinski definition) is 3. The number of anilines is 1. The highest BCUT2D eigenvalue weighted by Crippen LogP contribution is 2.13. The molecule has 0 unspecified atom stereocenters. The molecule has 0 fully saturated rings. The van der Waals surface area contributed by atoms with Crippen LogP contribution in [0.15, 0.2) is 42.7 Å². The number of H-pyrrole nitrogens is 1. The lowest BCUT2D eigenvalue weighted by Gasteiger charge is -2.04.